The van der Waals surface area contributed by atoms with Gasteiger partial charge < -0.3 is 10.2 Å². The van der Waals surface area contributed by atoms with Gasteiger partial charge in [0.2, 0.25) is 0 Å². The molecule has 4 nitrogen and oxygen atoms in total. The minimum absolute atomic E-state index is 0.304. The van der Waals surface area contributed by atoms with Crippen molar-refractivity contribution in [3.63, 3.8) is 0 Å². The second-order valence-corrected chi connectivity index (χ2v) is 5.34. The highest BCUT2D eigenvalue weighted by atomic mass is 32.2. The van der Waals surface area contributed by atoms with Crippen molar-refractivity contribution in [3.8, 4) is 6.07 Å². The summed E-state index contributed by atoms with van der Waals surface area (Å²) < 4.78 is 19.3. The van der Waals surface area contributed by atoms with Crippen molar-refractivity contribution in [2.24, 2.45) is 0 Å². The van der Waals surface area contributed by atoms with Crippen molar-refractivity contribution < 1.29 is 8.81 Å². The van der Waals surface area contributed by atoms with Crippen LogP contribution < -0.4 is 5.73 Å². The number of thioether (sulfide) groups is 1. The number of anilines is 1. The van der Waals surface area contributed by atoms with Crippen LogP contribution in [0.5, 0.6) is 0 Å². The Morgan fingerprint density at radius 2 is 2.14 bits per heavy atom. The third-order valence-electron chi connectivity index (χ3n) is 2.93. The third kappa shape index (κ3) is 2.83. The number of oxazole rings is 1. The van der Waals surface area contributed by atoms with Gasteiger partial charge in [-0.15, -0.1) is 0 Å². The summed E-state index contributed by atoms with van der Waals surface area (Å²) in [4.78, 5) is 4.29. The lowest BCUT2D eigenvalue weighted by atomic mass is 10.1. The van der Waals surface area contributed by atoms with Gasteiger partial charge in [-0.3, -0.25) is 0 Å². The number of hydrogen-bond acceptors (Lipinski definition) is 5. The second-order valence-electron chi connectivity index (χ2n) is 4.41. The Hall–Kier alpha value is -2.52. The van der Waals surface area contributed by atoms with Crippen LogP contribution in [0.15, 0.2) is 46.0 Å². The highest BCUT2D eigenvalue weighted by Crippen LogP contribution is 2.28. The van der Waals surface area contributed by atoms with Crippen molar-refractivity contribution >= 4 is 28.5 Å². The summed E-state index contributed by atoms with van der Waals surface area (Å²) in [6, 6.07) is 11.5. The Morgan fingerprint density at radius 1 is 1.29 bits per heavy atom. The lowest BCUT2D eigenvalue weighted by molar-refractivity contribution is 0.489. The molecule has 6 heteroatoms. The van der Waals surface area contributed by atoms with Crippen molar-refractivity contribution in [2.75, 3.05) is 5.73 Å². The maximum absolute atomic E-state index is 13.8. The Balaban J connectivity index is 1.78. The zero-order chi connectivity index (χ0) is 14.8. The maximum atomic E-state index is 13.8. The predicted octanol–water partition coefficient (Wildman–Crippen LogP) is 3.71. The molecule has 0 atom stereocenters. The Morgan fingerprint density at radius 3 is 2.90 bits per heavy atom. The summed E-state index contributed by atoms with van der Waals surface area (Å²) in [5.74, 6) is -0.0262. The predicted molar refractivity (Wildman–Crippen MR) is 79.1 cm³/mol. The van der Waals surface area contributed by atoms with Gasteiger partial charge in [-0.05, 0) is 35.9 Å². The molecule has 0 aliphatic heterocycles. The molecule has 0 amide bonds. The summed E-state index contributed by atoms with van der Waals surface area (Å²) in [5, 5.41) is 9.16. The highest BCUT2D eigenvalue weighted by molar-refractivity contribution is 7.98. The number of rotatable bonds is 3. The number of nitrogen functional groups attached to an aromatic ring is 1. The van der Waals surface area contributed by atoms with E-state index < -0.39 is 5.82 Å². The van der Waals surface area contributed by atoms with Crippen molar-refractivity contribution in [1.29, 1.82) is 5.26 Å². The average Bonchev–Trinajstić information content (AvgIpc) is 2.87. The summed E-state index contributed by atoms with van der Waals surface area (Å²) in [5.41, 5.74) is 8.43. The van der Waals surface area contributed by atoms with Gasteiger partial charge in [-0.1, -0.05) is 17.8 Å². The topological polar surface area (TPSA) is 75.8 Å². The Labute approximate surface area is 124 Å². The van der Waals surface area contributed by atoms with E-state index in [0.717, 1.165) is 0 Å². The van der Waals surface area contributed by atoms with E-state index in [1.165, 1.54) is 17.8 Å². The molecule has 2 aromatic carbocycles. The first kappa shape index (κ1) is 13.5. The van der Waals surface area contributed by atoms with E-state index in [9.17, 15) is 4.39 Å². The van der Waals surface area contributed by atoms with Gasteiger partial charge in [-0.25, -0.2) is 9.37 Å². The third-order valence-corrected chi connectivity index (χ3v) is 3.80. The standard InChI is InChI=1S/C15H10FN3OS/c16-12-5-9(7-17)1-2-10(12)8-21-15-19-13-6-11(18)3-4-14(13)20-15/h1-6H,8,18H2. The Kier molecular flexibility index (Phi) is 3.50. The number of nitrogens with two attached hydrogens (primary N) is 1. The molecular weight excluding hydrogens is 289 g/mol. The minimum Gasteiger partial charge on any atom is -0.431 e. The molecular formula is C15H10FN3OS. The summed E-state index contributed by atoms with van der Waals surface area (Å²) in [7, 11) is 0. The number of fused-ring (bicyclic) bond motifs is 1. The monoisotopic (exact) mass is 299 g/mol. The molecule has 3 rings (SSSR count). The highest BCUT2D eigenvalue weighted by Gasteiger charge is 2.09. The van der Waals surface area contributed by atoms with Gasteiger partial charge >= 0.3 is 0 Å². The lowest BCUT2D eigenvalue weighted by Gasteiger charge is -2.00. The molecule has 0 aliphatic carbocycles. The van der Waals surface area contributed by atoms with Gasteiger partial charge in [-0.2, -0.15) is 5.26 Å². The van der Waals surface area contributed by atoms with Crippen molar-refractivity contribution in [2.45, 2.75) is 11.0 Å². The fraction of sp³-hybridized carbons (Fsp3) is 0.0667. The molecule has 0 unspecified atom stereocenters. The van der Waals surface area contributed by atoms with E-state index in [4.69, 9.17) is 15.4 Å². The fourth-order valence-corrected chi connectivity index (χ4v) is 2.68. The van der Waals surface area contributed by atoms with Gasteiger partial charge in [0.1, 0.15) is 11.3 Å². The number of hydrogen-bond donors (Lipinski definition) is 1. The van der Waals surface area contributed by atoms with Gasteiger partial charge in [0.05, 0.1) is 11.6 Å². The van der Waals surface area contributed by atoms with Crippen LogP contribution in [0.1, 0.15) is 11.1 Å². The minimum atomic E-state index is -0.401. The first-order valence-electron chi connectivity index (χ1n) is 6.13. The molecule has 0 fully saturated rings. The summed E-state index contributed by atoms with van der Waals surface area (Å²) >= 11 is 1.29. The molecule has 0 saturated heterocycles. The van der Waals surface area contributed by atoms with Crippen LogP contribution in [-0.2, 0) is 5.75 Å². The normalized spacial score (nSPS) is 10.7. The molecule has 0 saturated carbocycles. The van der Waals surface area contributed by atoms with E-state index >= 15 is 0 Å². The molecule has 3 aromatic rings. The quantitative estimate of drug-likeness (QED) is 0.589. The number of nitrogens with zero attached hydrogens (tertiary/aromatic N) is 2. The van der Waals surface area contributed by atoms with Crippen molar-refractivity contribution in [3.05, 3.63) is 53.3 Å². The number of halogens is 1. The first-order valence-corrected chi connectivity index (χ1v) is 7.11. The molecule has 1 aromatic heterocycles. The zero-order valence-electron chi connectivity index (χ0n) is 10.8. The van der Waals surface area contributed by atoms with Gasteiger partial charge in [0, 0.05) is 11.4 Å². The van der Waals surface area contributed by atoms with E-state index in [0.29, 0.717) is 38.9 Å². The van der Waals surface area contributed by atoms with Crippen LogP contribution in [0, 0.1) is 17.1 Å². The van der Waals surface area contributed by atoms with E-state index in [1.807, 2.05) is 6.07 Å². The average molecular weight is 299 g/mol. The van der Waals surface area contributed by atoms with Crippen LogP contribution >= 0.6 is 11.8 Å². The first-order chi connectivity index (χ1) is 10.2. The molecule has 2 N–H and O–H groups in total. The summed E-state index contributed by atoms with van der Waals surface area (Å²) in [6.07, 6.45) is 0. The van der Waals surface area contributed by atoms with Crippen LogP contribution in [0.4, 0.5) is 10.1 Å². The number of nitriles is 1. The van der Waals surface area contributed by atoms with Crippen LogP contribution in [0.3, 0.4) is 0 Å². The molecule has 0 bridgehead atoms. The molecule has 0 spiro atoms. The van der Waals surface area contributed by atoms with Crippen molar-refractivity contribution in [1.82, 2.24) is 4.98 Å². The molecule has 1 heterocycles. The molecule has 0 aliphatic rings. The second kappa shape index (κ2) is 5.46. The van der Waals surface area contributed by atoms with Crippen LogP contribution in [0.2, 0.25) is 0 Å². The molecule has 104 valence electrons. The zero-order valence-corrected chi connectivity index (χ0v) is 11.7. The lowest BCUT2D eigenvalue weighted by Crippen LogP contribution is -1.89. The van der Waals surface area contributed by atoms with E-state index in [1.54, 1.807) is 30.3 Å². The molecule has 21 heavy (non-hydrogen) atoms. The van der Waals surface area contributed by atoms with E-state index in [2.05, 4.69) is 4.98 Å². The molecule has 0 radical (unpaired) electrons. The van der Waals surface area contributed by atoms with E-state index in [-0.39, 0.29) is 0 Å². The number of benzene rings is 2. The smallest absolute Gasteiger partial charge is 0.257 e. The fourth-order valence-electron chi connectivity index (χ4n) is 1.86. The summed E-state index contributed by atoms with van der Waals surface area (Å²) in [6.45, 7) is 0. The SMILES string of the molecule is N#Cc1ccc(CSc2nc3cc(N)ccc3o2)c(F)c1. The largest absolute Gasteiger partial charge is 0.431 e. The van der Waals surface area contributed by atoms with Gasteiger partial charge in [0.15, 0.2) is 5.58 Å². The van der Waals surface area contributed by atoms with Crippen LogP contribution in [-0.4, -0.2) is 4.98 Å². The maximum Gasteiger partial charge on any atom is 0.257 e. The number of aromatic nitrogens is 1. The van der Waals surface area contributed by atoms with Gasteiger partial charge in [0.25, 0.3) is 5.22 Å². The van der Waals surface area contributed by atoms with Crippen LogP contribution in [0.25, 0.3) is 11.1 Å². The Bertz CT molecular complexity index is 854.